The van der Waals surface area contributed by atoms with Gasteiger partial charge in [0.05, 0.1) is 5.69 Å². The van der Waals surface area contributed by atoms with Crippen LogP contribution < -0.4 is 5.32 Å². The normalized spacial score (nSPS) is 21.1. The minimum atomic E-state index is -1.23. The van der Waals surface area contributed by atoms with Gasteiger partial charge in [-0.1, -0.05) is 30.0 Å². The Morgan fingerprint density at radius 2 is 2.00 bits per heavy atom. The van der Waals surface area contributed by atoms with Crippen molar-refractivity contribution in [3.8, 4) is 0 Å². The molecule has 1 aromatic heterocycles. The van der Waals surface area contributed by atoms with Crippen LogP contribution in [0.2, 0.25) is 0 Å². The summed E-state index contributed by atoms with van der Waals surface area (Å²) in [4.78, 5) is 15.5. The fraction of sp³-hybridized carbons (Fsp3) is 0.0769. The van der Waals surface area contributed by atoms with E-state index in [-0.39, 0.29) is 0 Å². The summed E-state index contributed by atoms with van der Waals surface area (Å²) in [6, 6.07) is 12.8. The molecule has 4 nitrogen and oxygen atoms in total. The summed E-state index contributed by atoms with van der Waals surface area (Å²) in [6.45, 7) is 0. The number of nitrogens with zero attached hydrogens (tertiary/aromatic N) is 1. The lowest BCUT2D eigenvalue weighted by atomic mass is 10.1. The summed E-state index contributed by atoms with van der Waals surface area (Å²) in [5.74, 6) is -0.942. The molecular weight excluding hydrogens is 248 g/mol. The van der Waals surface area contributed by atoms with Gasteiger partial charge in [0.15, 0.2) is 0 Å². The maximum absolute atomic E-state index is 11.7. The molecule has 0 aliphatic carbocycles. The van der Waals surface area contributed by atoms with Crippen LogP contribution in [0, 0.1) is 0 Å². The van der Waals surface area contributed by atoms with Crippen molar-refractivity contribution in [3.63, 3.8) is 0 Å². The van der Waals surface area contributed by atoms with E-state index in [2.05, 4.69) is 10.3 Å². The fourth-order valence-corrected chi connectivity index (χ4v) is 3.11. The van der Waals surface area contributed by atoms with Crippen LogP contribution in [0.15, 0.2) is 53.6 Å². The molecule has 1 unspecified atom stereocenters. The van der Waals surface area contributed by atoms with E-state index >= 15 is 0 Å². The number of carboxylic acid groups (broad SMARTS) is 1. The number of aliphatic carboxylic acids is 1. The molecule has 0 spiro atoms. The molecule has 90 valence electrons. The first-order valence-electron chi connectivity index (χ1n) is 5.43. The number of thioether (sulfide) groups is 1. The van der Waals surface area contributed by atoms with Gasteiger partial charge < -0.3 is 10.4 Å². The molecule has 2 N–H and O–H groups in total. The number of anilines is 1. The van der Waals surface area contributed by atoms with Gasteiger partial charge in [0.2, 0.25) is 4.87 Å². The van der Waals surface area contributed by atoms with E-state index in [4.69, 9.17) is 0 Å². The first kappa shape index (κ1) is 11.1. The van der Waals surface area contributed by atoms with Crippen molar-refractivity contribution in [1.82, 2.24) is 4.98 Å². The molecule has 1 atom stereocenters. The molecule has 0 saturated carbocycles. The number of rotatable bonds is 2. The van der Waals surface area contributed by atoms with Crippen molar-refractivity contribution in [3.05, 3.63) is 54.4 Å². The van der Waals surface area contributed by atoms with E-state index in [1.807, 2.05) is 24.3 Å². The third kappa shape index (κ3) is 1.55. The molecule has 18 heavy (non-hydrogen) atoms. The second kappa shape index (κ2) is 4.03. The summed E-state index contributed by atoms with van der Waals surface area (Å²) in [7, 11) is 0. The zero-order valence-electron chi connectivity index (χ0n) is 9.33. The molecule has 2 heterocycles. The molecule has 0 bridgehead atoms. The van der Waals surface area contributed by atoms with Crippen LogP contribution in [0.3, 0.4) is 0 Å². The van der Waals surface area contributed by atoms with Gasteiger partial charge in [0.25, 0.3) is 0 Å². The predicted octanol–water partition coefficient (Wildman–Crippen LogP) is 2.54. The van der Waals surface area contributed by atoms with Gasteiger partial charge in [-0.05, 0) is 24.3 Å². The van der Waals surface area contributed by atoms with Crippen molar-refractivity contribution in [1.29, 1.82) is 0 Å². The molecule has 1 aliphatic rings. The number of hydrogen-bond acceptors (Lipinski definition) is 4. The largest absolute Gasteiger partial charge is 0.479 e. The SMILES string of the molecule is O=C(O)C1(c2ccccn2)Nc2ccccc2S1. The monoisotopic (exact) mass is 258 g/mol. The molecule has 1 aliphatic heterocycles. The Labute approximate surface area is 108 Å². The van der Waals surface area contributed by atoms with Crippen LogP contribution in [0.25, 0.3) is 0 Å². The summed E-state index contributed by atoms with van der Waals surface area (Å²) in [6.07, 6.45) is 1.60. The smallest absolute Gasteiger partial charge is 0.346 e. The Morgan fingerprint density at radius 3 is 2.67 bits per heavy atom. The number of aromatic nitrogens is 1. The predicted molar refractivity (Wildman–Crippen MR) is 69.5 cm³/mol. The van der Waals surface area contributed by atoms with Gasteiger partial charge in [0.1, 0.15) is 0 Å². The van der Waals surface area contributed by atoms with E-state index in [0.717, 1.165) is 10.6 Å². The summed E-state index contributed by atoms with van der Waals surface area (Å²) >= 11 is 1.27. The lowest BCUT2D eigenvalue weighted by Gasteiger charge is -2.23. The zero-order valence-corrected chi connectivity index (χ0v) is 10.1. The third-order valence-corrected chi connectivity index (χ3v) is 4.16. The van der Waals surface area contributed by atoms with Gasteiger partial charge in [-0.15, -0.1) is 0 Å². The van der Waals surface area contributed by atoms with Crippen molar-refractivity contribution in [2.24, 2.45) is 0 Å². The third-order valence-electron chi connectivity index (χ3n) is 2.79. The standard InChI is InChI=1S/C13H10N2O2S/c16-12(17)13(11-7-3-4-8-14-11)15-9-5-1-2-6-10(9)18-13/h1-8,15H,(H,16,17). The van der Waals surface area contributed by atoms with E-state index in [0.29, 0.717) is 5.69 Å². The van der Waals surface area contributed by atoms with Crippen molar-refractivity contribution < 1.29 is 9.90 Å². The maximum atomic E-state index is 11.7. The molecule has 0 amide bonds. The number of pyridine rings is 1. The highest BCUT2D eigenvalue weighted by Crippen LogP contribution is 2.50. The number of nitrogens with one attached hydrogen (secondary N) is 1. The minimum absolute atomic E-state index is 0.499. The van der Waals surface area contributed by atoms with Crippen LogP contribution in [0.5, 0.6) is 0 Å². The van der Waals surface area contributed by atoms with Gasteiger partial charge in [-0.25, -0.2) is 4.79 Å². The maximum Gasteiger partial charge on any atom is 0.346 e. The van der Waals surface area contributed by atoms with Gasteiger partial charge in [-0.3, -0.25) is 4.98 Å². The quantitative estimate of drug-likeness (QED) is 0.866. The highest BCUT2D eigenvalue weighted by atomic mass is 32.2. The highest BCUT2D eigenvalue weighted by molar-refractivity contribution is 8.01. The van der Waals surface area contributed by atoms with Crippen LogP contribution in [-0.4, -0.2) is 16.1 Å². The summed E-state index contributed by atoms with van der Waals surface area (Å²) in [5, 5.41) is 12.6. The number of fused-ring (bicyclic) bond motifs is 1. The second-order valence-corrected chi connectivity index (χ2v) is 5.18. The van der Waals surface area contributed by atoms with Crippen LogP contribution in [0.1, 0.15) is 5.69 Å². The first-order chi connectivity index (χ1) is 8.72. The molecule has 0 fully saturated rings. The van der Waals surface area contributed by atoms with E-state index in [1.165, 1.54) is 11.8 Å². The number of benzene rings is 1. The van der Waals surface area contributed by atoms with Gasteiger partial charge >= 0.3 is 5.97 Å². The lowest BCUT2D eigenvalue weighted by molar-refractivity contribution is -0.139. The molecule has 0 radical (unpaired) electrons. The highest BCUT2D eigenvalue weighted by Gasteiger charge is 2.47. The fourth-order valence-electron chi connectivity index (χ4n) is 1.93. The average Bonchev–Trinajstić information content (AvgIpc) is 2.80. The number of carbonyl (C=O) groups is 1. The summed E-state index contributed by atoms with van der Waals surface area (Å²) in [5.41, 5.74) is 1.33. The Bertz CT molecular complexity index is 576. The molecule has 2 aromatic rings. The van der Waals surface area contributed by atoms with Crippen LogP contribution in [0.4, 0.5) is 5.69 Å². The van der Waals surface area contributed by atoms with Crippen molar-refractivity contribution >= 4 is 23.4 Å². The average molecular weight is 258 g/mol. The van der Waals surface area contributed by atoms with Crippen molar-refractivity contribution in [2.75, 3.05) is 5.32 Å². The Balaban J connectivity index is 2.11. The lowest BCUT2D eigenvalue weighted by Crippen LogP contribution is -2.38. The Morgan fingerprint density at radius 1 is 1.22 bits per heavy atom. The summed E-state index contributed by atoms with van der Waals surface area (Å²) < 4.78 is 0. The number of hydrogen-bond donors (Lipinski definition) is 2. The van der Waals surface area contributed by atoms with E-state index < -0.39 is 10.8 Å². The minimum Gasteiger partial charge on any atom is -0.479 e. The van der Waals surface area contributed by atoms with Gasteiger partial charge in [-0.2, -0.15) is 0 Å². The molecular formula is C13H10N2O2S. The van der Waals surface area contributed by atoms with E-state index in [9.17, 15) is 9.90 Å². The Kier molecular flexibility index (Phi) is 2.48. The van der Waals surface area contributed by atoms with Crippen molar-refractivity contribution in [2.45, 2.75) is 9.77 Å². The number of carboxylic acids is 1. The zero-order chi connectivity index (χ0) is 12.6. The molecule has 3 rings (SSSR count). The molecule has 0 saturated heterocycles. The molecule has 1 aromatic carbocycles. The number of para-hydroxylation sites is 1. The topological polar surface area (TPSA) is 62.2 Å². The second-order valence-electron chi connectivity index (χ2n) is 3.92. The van der Waals surface area contributed by atoms with Crippen LogP contribution >= 0.6 is 11.8 Å². The van der Waals surface area contributed by atoms with E-state index in [1.54, 1.807) is 24.4 Å². The molecule has 5 heteroatoms. The first-order valence-corrected chi connectivity index (χ1v) is 6.25. The van der Waals surface area contributed by atoms with Crippen LogP contribution in [-0.2, 0) is 9.67 Å². The Hall–Kier alpha value is -2.01. The van der Waals surface area contributed by atoms with Gasteiger partial charge in [0, 0.05) is 16.8 Å².